The number of amides is 1. The van der Waals surface area contributed by atoms with E-state index in [4.69, 9.17) is 9.15 Å². The van der Waals surface area contributed by atoms with Crippen molar-refractivity contribution in [3.05, 3.63) is 88.8 Å². The van der Waals surface area contributed by atoms with Gasteiger partial charge in [0, 0.05) is 17.7 Å². The number of hydrogen-bond acceptors (Lipinski definition) is 4. The molecule has 0 fully saturated rings. The zero-order valence-electron chi connectivity index (χ0n) is 18.8. The van der Waals surface area contributed by atoms with Gasteiger partial charge in [0.05, 0.1) is 6.61 Å². The van der Waals surface area contributed by atoms with Crippen LogP contribution in [0.5, 0.6) is 5.75 Å². The summed E-state index contributed by atoms with van der Waals surface area (Å²) < 4.78 is 11.7. The number of unbranched alkanes of at least 4 members (excludes halogenated alkanes) is 1. The van der Waals surface area contributed by atoms with Gasteiger partial charge in [0.15, 0.2) is 11.5 Å². The van der Waals surface area contributed by atoms with Gasteiger partial charge in [-0.1, -0.05) is 37.6 Å². The molecule has 5 heteroatoms. The van der Waals surface area contributed by atoms with Gasteiger partial charge in [0.1, 0.15) is 11.3 Å². The van der Waals surface area contributed by atoms with Crippen molar-refractivity contribution < 1.29 is 13.9 Å². The van der Waals surface area contributed by atoms with E-state index in [2.05, 4.69) is 30.2 Å². The molecule has 1 N–H and O–H groups in total. The molecule has 0 atom stereocenters. The van der Waals surface area contributed by atoms with Crippen molar-refractivity contribution in [1.29, 1.82) is 0 Å². The molecule has 4 aromatic rings. The summed E-state index contributed by atoms with van der Waals surface area (Å²) in [6.07, 6.45) is 2.66. The molecule has 0 radical (unpaired) electrons. The fourth-order valence-electron chi connectivity index (χ4n) is 3.64. The van der Waals surface area contributed by atoms with Gasteiger partial charge in [0.2, 0.25) is 0 Å². The third-order valence-electron chi connectivity index (χ3n) is 5.29. The molecular weight excluding hydrogens is 400 g/mol. The number of carbonyl (C=O) groups is 1. The molecule has 0 saturated carbocycles. The lowest BCUT2D eigenvalue weighted by Gasteiger charge is -2.09. The number of benzene rings is 3. The Hall–Kier alpha value is -3.60. The van der Waals surface area contributed by atoms with E-state index in [0.29, 0.717) is 30.2 Å². The highest BCUT2D eigenvalue weighted by Gasteiger charge is 2.11. The molecule has 0 aliphatic heterocycles. The molecule has 5 nitrogen and oxygen atoms in total. The molecule has 0 saturated heterocycles. The van der Waals surface area contributed by atoms with Crippen LogP contribution >= 0.6 is 0 Å². The maximum atomic E-state index is 12.6. The lowest BCUT2D eigenvalue weighted by molar-refractivity contribution is 0.102. The summed E-state index contributed by atoms with van der Waals surface area (Å²) in [5.74, 6) is 1.24. The van der Waals surface area contributed by atoms with E-state index < -0.39 is 0 Å². The van der Waals surface area contributed by atoms with Gasteiger partial charge in [-0.25, -0.2) is 4.98 Å². The third kappa shape index (κ3) is 5.17. The van der Waals surface area contributed by atoms with Crippen LogP contribution in [0.3, 0.4) is 0 Å². The number of anilines is 1. The topological polar surface area (TPSA) is 64.4 Å². The van der Waals surface area contributed by atoms with Crippen LogP contribution in [0.1, 0.15) is 52.7 Å². The summed E-state index contributed by atoms with van der Waals surface area (Å²) in [5.41, 5.74) is 6.37. The van der Waals surface area contributed by atoms with Gasteiger partial charge < -0.3 is 14.5 Å². The number of fused-ring (bicyclic) bond motifs is 1. The molecule has 0 bridgehead atoms. The minimum absolute atomic E-state index is 0.163. The highest BCUT2D eigenvalue weighted by atomic mass is 16.5. The third-order valence-corrected chi connectivity index (χ3v) is 5.29. The van der Waals surface area contributed by atoms with Crippen molar-refractivity contribution in [3.63, 3.8) is 0 Å². The largest absolute Gasteiger partial charge is 0.494 e. The van der Waals surface area contributed by atoms with Crippen LogP contribution in [0.2, 0.25) is 0 Å². The number of aromatic nitrogens is 1. The van der Waals surface area contributed by atoms with Gasteiger partial charge in [-0.3, -0.25) is 4.79 Å². The average molecular weight is 429 g/mol. The van der Waals surface area contributed by atoms with Crippen LogP contribution in [0, 0.1) is 13.8 Å². The fourth-order valence-corrected chi connectivity index (χ4v) is 3.64. The number of rotatable bonds is 8. The summed E-state index contributed by atoms with van der Waals surface area (Å²) in [7, 11) is 0. The van der Waals surface area contributed by atoms with Crippen LogP contribution in [0.4, 0.5) is 5.69 Å². The summed E-state index contributed by atoms with van der Waals surface area (Å²) in [6.45, 7) is 6.87. The number of aryl methyl sites for hydroxylation is 2. The predicted octanol–water partition coefficient (Wildman–Crippen LogP) is 6.47. The Morgan fingerprint density at radius 2 is 1.88 bits per heavy atom. The molecule has 164 valence electrons. The summed E-state index contributed by atoms with van der Waals surface area (Å²) in [4.78, 5) is 17.3. The predicted molar refractivity (Wildman–Crippen MR) is 128 cm³/mol. The monoisotopic (exact) mass is 428 g/mol. The van der Waals surface area contributed by atoms with Gasteiger partial charge in [-0.15, -0.1) is 0 Å². The Kier molecular flexibility index (Phi) is 6.55. The van der Waals surface area contributed by atoms with E-state index in [9.17, 15) is 4.79 Å². The molecule has 3 aromatic carbocycles. The molecule has 1 aromatic heterocycles. The number of nitrogens with zero attached hydrogens (tertiary/aromatic N) is 1. The van der Waals surface area contributed by atoms with E-state index in [0.717, 1.165) is 40.8 Å². The Morgan fingerprint density at radius 3 is 2.66 bits per heavy atom. The number of carbonyl (C=O) groups excluding carboxylic acids is 1. The SMILES string of the molecule is CCCCOc1cccc(C(=O)Nc2ccc(Cc3nc4cc(C)cc(C)c4o3)cc2)c1. The number of oxazole rings is 1. The van der Waals surface area contributed by atoms with Crippen molar-refractivity contribution >= 4 is 22.7 Å². The molecule has 0 unspecified atom stereocenters. The molecular formula is C27H28N2O3. The minimum Gasteiger partial charge on any atom is -0.494 e. The molecule has 1 heterocycles. The Balaban J connectivity index is 1.40. The van der Waals surface area contributed by atoms with Crippen LogP contribution in [0.15, 0.2) is 65.1 Å². The molecule has 1 amide bonds. The Labute approximate surface area is 188 Å². The van der Waals surface area contributed by atoms with Crippen molar-refractivity contribution in [1.82, 2.24) is 4.98 Å². The smallest absolute Gasteiger partial charge is 0.255 e. The second kappa shape index (κ2) is 9.69. The highest BCUT2D eigenvalue weighted by Crippen LogP contribution is 2.23. The summed E-state index contributed by atoms with van der Waals surface area (Å²) >= 11 is 0. The number of nitrogens with one attached hydrogen (secondary N) is 1. The Bertz CT molecular complexity index is 1230. The molecule has 4 rings (SSSR count). The fraction of sp³-hybridized carbons (Fsp3) is 0.259. The first-order valence-electron chi connectivity index (χ1n) is 11.0. The zero-order valence-corrected chi connectivity index (χ0v) is 18.8. The number of ether oxygens (including phenoxy) is 1. The second-order valence-corrected chi connectivity index (χ2v) is 8.10. The molecule has 0 aliphatic rings. The second-order valence-electron chi connectivity index (χ2n) is 8.10. The first-order valence-corrected chi connectivity index (χ1v) is 11.0. The van der Waals surface area contributed by atoms with Gasteiger partial charge in [-0.05, 0) is 73.4 Å². The lowest BCUT2D eigenvalue weighted by atomic mass is 10.1. The first kappa shape index (κ1) is 21.6. The van der Waals surface area contributed by atoms with Crippen molar-refractivity contribution in [2.24, 2.45) is 0 Å². The van der Waals surface area contributed by atoms with Crippen LogP contribution in [0.25, 0.3) is 11.1 Å². The van der Waals surface area contributed by atoms with Crippen LogP contribution < -0.4 is 10.1 Å². The molecule has 0 aliphatic carbocycles. The zero-order chi connectivity index (χ0) is 22.5. The quantitative estimate of drug-likeness (QED) is 0.327. The molecule has 0 spiro atoms. The van der Waals surface area contributed by atoms with E-state index in [-0.39, 0.29) is 5.91 Å². The lowest BCUT2D eigenvalue weighted by Crippen LogP contribution is -2.12. The normalized spacial score (nSPS) is 11.0. The van der Waals surface area contributed by atoms with Gasteiger partial charge in [-0.2, -0.15) is 0 Å². The van der Waals surface area contributed by atoms with E-state index in [1.165, 1.54) is 5.56 Å². The standard InChI is InChI=1S/C27H28N2O3/c1-4-5-13-31-23-8-6-7-21(17-23)27(30)28-22-11-9-20(10-12-22)16-25-29-24-15-18(2)14-19(3)26(24)32-25/h6-12,14-15,17H,4-5,13,16H2,1-3H3,(H,28,30). The highest BCUT2D eigenvalue weighted by molar-refractivity contribution is 6.04. The van der Waals surface area contributed by atoms with Crippen molar-refractivity contribution in [2.45, 2.75) is 40.0 Å². The molecule has 32 heavy (non-hydrogen) atoms. The van der Waals surface area contributed by atoms with Gasteiger partial charge in [0.25, 0.3) is 5.91 Å². The van der Waals surface area contributed by atoms with Crippen LogP contribution in [-0.2, 0) is 6.42 Å². The van der Waals surface area contributed by atoms with E-state index in [1.54, 1.807) is 12.1 Å². The number of hydrogen-bond donors (Lipinski definition) is 1. The maximum absolute atomic E-state index is 12.6. The first-order chi connectivity index (χ1) is 15.5. The summed E-state index contributed by atoms with van der Waals surface area (Å²) in [6, 6.07) is 19.2. The van der Waals surface area contributed by atoms with E-state index in [1.807, 2.05) is 49.4 Å². The van der Waals surface area contributed by atoms with Crippen LogP contribution in [-0.4, -0.2) is 17.5 Å². The minimum atomic E-state index is -0.163. The summed E-state index contributed by atoms with van der Waals surface area (Å²) in [5, 5.41) is 2.95. The average Bonchev–Trinajstić information content (AvgIpc) is 3.18. The maximum Gasteiger partial charge on any atom is 0.255 e. The van der Waals surface area contributed by atoms with Gasteiger partial charge >= 0.3 is 0 Å². The van der Waals surface area contributed by atoms with Crippen molar-refractivity contribution in [2.75, 3.05) is 11.9 Å². The van der Waals surface area contributed by atoms with E-state index >= 15 is 0 Å². The van der Waals surface area contributed by atoms with Crippen molar-refractivity contribution in [3.8, 4) is 5.75 Å². The Morgan fingerprint density at radius 1 is 1.06 bits per heavy atom.